The van der Waals surface area contributed by atoms with Gasteiger partial charge in [-0.15, -0.1) is 0 Å². The van der Waals surface area contributed by atoms with Crippen molar-refractivity contribution in [2.75, 3.05) is 10.6 Å². The normalized spacial score (nSPS) is 18.2. The van der Waals surface area contributed by atoms with Gasteiger partial charge in [-0.3, -0.25) is 4.79 Å². The highest BCUT2D eigenvalue weighted by molar-refractivity contribution is 6.30. The first-order valence-corrected chi connectivity index (χ1v) is 10.8. The Balaban J connectivity index is 1.57. The molecular formula is C23H23ClN6O. The van der Waals surface area contributed by atoms with Crippen LogP contribution in [0.5, 0.6) is 0 Å². The lowest BCUT2D eigenvalue weighted by Gasteiger charge is -2.16. The van der Waals surface area contributed by atoms with Crippen LogP contribution in [0.15, 0.2) is 54.4 Å². The number of nitrogens with zero attached hydrogens (tertiary/aromatic N) is 3. The number of hydrogen-bond donors (Lipinski definition) is 3. The van der Waals surface area contributed by atoms with E-state index in [-0.39, 0.29) is 5.91 Å². The van der Waals surface area contributed by atoms with Crippen molar-refractivity contribution >= 4 is 46.6 Å². The lowest BCUT2D eigenvalue weighted by atomic mass is 10.1. The van der Waals surface area contributed by atoms with Crippen molar-refractivity contribution in [3.8, 4) is 0 Å². The zero-order valence-corrected chi connectivity index (χ0v) is 17.7. The molecule has 31 heavy (non-hydrogen) atoms. The molecule has 0 radical (unpaired) electrons. The molecule has 1 aromatic carbocycles. The van der Waals surface area contributed by atoms with Crippen LogP contribution in [0.25, 0.3) is 11.7 Å². The molecule has 0 bridgehead atoms. The first-order chi connectivity index (χ1) is 15.0. The number of fused-ring (bicyclic) bond motifs is 1. The average molecular weight is 435 g/mol. The summed E-state index contributed by atoms with van der Waals surface area (Å²) in [5, 5.41) is 15.0. The summed E-state index contributed by atoms with van der Waals surface area (Å²) in [5.74, 6) is 1.52. The van der Waals surface area contributed by atoms with Crippen molar-refractivity contribution in [1.82, 2.24) is 19.9 Å². The fraction of sp³-hybridized carbons (Fsp3) is 0.261. The molecule has 158 valence electrons. The molecule has 8 heteroatoms. The Labute approximate surface area is 185 Å². The zero-order chi connectivity index (χ0) is 21.4. The Morgan fingerprint density at radius 1 is 1.26 bits per heavy atom. The maximum absolute atomic E-state index is 11.7. The Morgan fingerprint density at radius 3 is 2.84 bits per heavy atom. The standard InChI is InChI=1S/C23H23ClN6O/c1-14-15(10-22(31)26-14)9-16-13-25-30-21(28-18-6-2-3-7-18)12-20(29-23(16)30)27-19-8-4-5-17(24)11-19/h4-5,8-9,11-13,18,28H,1-3,6-7,10H2,(H,26,31)(H,27,29)/b15-9+. The Bertz CT molecular complexity index is 1210. The topological polar surface area (TPSA) is 83.4 Å². The largest absolute Gasteiger partial charge is 0.367 e. The molecule has 1 saturated carbocycles. The van der Waals surface area contributed by atoms with E-state index in [1.807, 2.05) is 40.9 Å². The molecule has 1 amide bonds. The molecule has 1 aliphatic heterocycles. The molecule has 0 atom stereocenters. The molecule has 3 heterocycles. The van der Waals surface area contributed by atoms with Gasteiger partial charge in [0.05, 0.1) is 12.6 Å². The second kappa shape index (κ2) is 8.07. The van der Waals surface area contributed by atoms with E-state index in [0.29, 0.717) is 34.6 Å². The number of amides is 1. The minimum Gasteiger partial charge on any atom is -0.367 e. The molecule has 0 unspecified atom stereocenters. The fourth-order valence-corrected chi connectivity index (χ4v) is 4.33. The first-order valence-electron chi connectivity index (χ1n) is 10.4. The third-order valence-electron chi connectivity index (χ3n) is 5.66. The molecule has 3 N–H and O–H groups in total. The van der Waals surface area contributed by atoms with E-state index in [4.69, 9.17) is 16.6 Å². The maximum Gasteiger partial charge on any atom is 0.228 e. The number of hydrogen-bond acceptors (Lipinski definition) is 5. The maximum atomic E-state index is 11.7. The average Bonchev–Trinajstić information content (AvgIpc) is 3.44. The van der Waals surface area contributed by atoms with Crippen molar-refractivity contribution < 1.29 is 4.79 Å². The number of rotatable bonds is 5. The smallest absolute Gasteiger partial charge is 0.228 e. The van der Waals surface area contributed by atoms with Gasteiger partial charge >= 0.3 is 0 Å². The van der Waals surface area contributed by atoms with Crippen molar-refractivity contribution in [2.45, 2.75) is 38.1 Å². The fourth-order valence-electron chi connectivity index (χ4n) is 4.14. The Kier molecular flexibility index (Phi) is 5.11. The van der Waals surface area contributed by atoms with Gasteiger partial charge in [-0.25, -0.2) is 4.98 Å². The number of halogens is 1. The Hall–Kier alpha value is -3.32. The molecular weight excluding hydrogens is 412 g/mol. The quantitative estimate of drug-likeness (QED) is 0.532. The molecule has 7 nitrogen and oxygen atoms in total. The van der Waals surface area contributed by atoms with Crippen LogP contribution >= 0.6 is 11.6 Å². The monoisotopic (exact) mass is 434 g/mol. The number of carbonyl (C=O) groups excluding carboxylic acids is 1. The molecule has 1 aliphatic carbocycles. The molecule has 0 spiro atoms. The van der Waals surface area contributed by atoms with Crippen LogP contribution in [0.1, 0.15) is 37.7 Å². The van der Waals surface area contributed by atoms with Crippen LogP contribution in [0.3, 0.4) is 0 Å². The SMILES string of the molecule is C=C1NC(=O)C/C1=C\c1cnn2c(NC3CCCC3)cc(Nc3cccc(Cl)c3)nc12. The predicted molar refractivity (Wildman–Crippen MR) is 123 cm³/mol. The van der Waals surface area contributed by atoms with Crippen LogP contribution in [0.4, 0.5) is 17.3 Å². The van der Waals surface area contributed by atoms with Gasteiger partial charge in [-0.05, 0) is 42.7 Å². The summed E-state index contributed by atoms with van der Waals surface area (Å²) in [5.41, 5.74) is 3.86. The van der Waals surface area contributed by atoms with Gasteiger partial charge in [0.25, 0.3) is 0 Å². The van der Waals surface area contributed by atoms with Gasteiger partial charge in [-0.2, -0.15) is 9.61 Å². The van der Waals surface area contributed by atoms with Crippen LogP contribution in [-0.4, -0.2) is 26.5 Å². The number of benzene rings is 1. The second-order valence-electron chi connectivity index (χ2n) is 8.00. The summed E-state index contributed by atoms with van der Waals surface area (Å²) in [6, 6.07) is 9.92. The molecule has 3 aromatic rings. The zero-order valence-electron chi connectivity index (χ0n) is 17.0. The molecule has 1 saturated heterocycles. The minimum atomic E-state index is -0.0485. The van der Waals surface area contributed by atoms with Gasteiger partial charge in [-0.1, -0.05) is 37.1 Å². The van der Waals surface area contributed by atoms with Crippen molar-refractivity contribution in [1.29, 1.82) is 0 Å². The van der Waals surface area contributed by atoms with E-state index in [1.165, 1.54) is 12.8 Å². The highest BCUT2D eigenvalue weighted by Crippen LogP contribution is 2.29. The molecule has 2 aliphatic rings. The van der Waals surface area contributed by atoms with Gasteiger partial charge < -0.3 is 16.0 Å². The summed E-state index contributed by atoms with van der Waals surface area (Å²) in [4.78, 5) is 16.5. The summed E-state index contributed by atoms with van der Waals surface area (Å²) < 4.78 is 1.82. The first kappa shape index (κ1) is 19.6. The third kappa shape index (κ3) is 4.14. The minimum absolute atomic E-state index is 0.0485. The molecule has 2 aromatic heterocycles. The van der Waals surface area contributed by atoms with Crippen LogP contribution in [-0.2, 0) is 4.79 Å². The summed E-state index contributed by atoms with van der Waals surface area (Å²) in [6.07, 6.45) is 8.77. The number of allylic oxidation sites excluding steroid dienone is 1. The third-order valence-corrected chi connectivity index (χ3v) is 5.90. The van der Waals surface area contributed by atoms with Crippen LogP contribution in [0, 0.1) is 0 Å². The summed E-state index contributed by atoms with van der Waals surface area (Å²) in [7, 11) is 0. The van der Waals surface area contributed by atoms with E-state index in [9.17, 15) is 4.79 Å². The number of nitrogens with one attached hydrogen (secondary N) is 3. The lowest BCUT2D eigenvalue weighted by Crippen LogP contribution is -2.17. The van der Waals surface area contributed by atoms with E-state index in [1.54, 1.807) is 6.20 Å². The van der Waals surface area contributed by atoms with Crippen molar-refractivity contribution in [3.05, 3.63) is 65.0 Å². The summed E-state index contributed by atoms with van der Waals surface area (Å²) in [6.45, 7) is 3.93. The second-order valence-corrected chi connectivity index (χ2v) is 8.43. The lowest BCUT2D eigenvalue weighted by molar-refractivity contribution is -0.118. The summed E-state index contributed by atoms with van der Waals surface area (Å²) >= 11 is 6.14. The number of aromatic nitrogens is 3. The van der Waals surface area contributed by atoms with E-state index >= 15 is 0 Å². The highest BCUT2D eigenvalue weighted by atomic mass is 35.5. The molecule has 2 fully saturated rings. The van der Waals surface area contributed by atoms with Crippen molar-refractivity contribution in [2.24, 2.45) is 0 Å². The van der Waals surface area contributed by atoms with Gasteiger partial charge in [0.2, 0.25) is 5.91 Å². The van der Waals surface area contributed by atoms with Gasteiger partial charge in [0, 0.05) is 34.1 Å². The van der Waals surface area contributed by atoms with Gasteiger partial charge in [0.15, 0.2) is 5.65 Å². The van der Waals surface area contributed by atoms with Gasteiger partial charge in [0.1, 0.15) is 11.6 Å². The number of carbonyl (C=O) groups is 1. The van der Waals surface area contributed by atoms with E-state index in [2.05, 4.69) is 27.6 Å². The van der Waals surface area contributed by atoms with E-state index < -0.39 is 0 Å². The predicted octanol–water partition coefficient (Wildman–Crippen LogP) is 4.90. The van der Waals surface area contributed by atoms with E-state index in [0.717, 1.165) is 35.5 Å². The van der Waals surface area contributed by atoms with Crippen LogP contribution < -0.4 is 16.0 Å². The Morgan fingerprint density at radius 2 is 2.10 bits per heavy atom. The van der Waals surface area contributed by atoms with Crippen LogP contribution in [0.2, 0.25) is 5.02 Å². The molecule has 5 rings (SSSR count). The van der Waals surface area contributed by atoms with Crippen molar-refractivity contribution in [3.63, 3.8) is 0 Å². The number of anilines is 3. The highest BCUT2D eigenvalue weighted by Gasteiger charge is 2.21.